The van der Waals surface area contributed by atoms with Crippen molar-refractivity contribution in [3.63, 3.8) is 0 Å². The molecule has 0 bridgehead atoms. The summed E-state index contributed by atoms with van der Waals surface area (Å²) in [5.41, 5.74) is 1.86. The first-order valence-corrected chi connectivity index (χ1v) is 8.20. The van der Waals surface area contributed by atoms with E-state index in [4.69, 9.17) is 14.5 Å². The summed E-state index contributed by atoms with van der Waals surface area (Å²) >= 11 is 0. The molecule has 23 heavy (non-hydrogen) atoms. The summed E-state index contributed by atoms with van der Waals surface area (Å²) in [7, 11) is 0. The topological polar surface area (TPSA) is 30.8 Å². The van der Waals surface area contributed by atoms with Crippen LogP contribution < -0.4 is 0 Å². The van der Waals surface area contributed by atoms with Crippen molar-refractivity contribution in [1.82, 2.24) is 0 Å². The molecule has 3 nitrogen and oxygen atoms in total. The minimum Gasteiger partial charge on any atom is -0.498 e. The molecule has 1 aromatic rings. The third kappa shape index (κ3) is 2.69. The second-order valence-electron chi connectivity index (χ2n) is 7.10. The van der Waals surface area contributed by atoms with Gasteiger partial charge in [-0.25, -0.2) is 4.99 Å². The van der Waals surface area contributed by atoms with E-state index in [1.165, 1.54) is 11.1 Å². The molecule has 1 aromatic carbocycles. The largest absolute Gasteiger partial charge is 0.498 e. The molecule has 0 saturated heterocycles. The molecule has 0 saturated carbocycles. The predicted molar refractivity (Wildman–Crippen MR) is 94.6 cm³/mol. The van der Waals surface area contributed by atoms with Crippen molar-refractivity contribution in [2.75, 3.05) is 13.2 Å². The van der Waals surface area contributed by atoms with Gasteiger partial charge >= 0.3 is 0 Å². The van der Waals surface area contributed by atoms with Gasteiger partial charge in [0.25, 0.3) is 0 Å². The number of aliphatic imine (C=N–C) groups is 1. The van der Waals surface area contributed by atoms with E-state index < -0.39 is 0 Å². The van der Waals surface area contributed by atoms with E-state index in [1.54, 1.807) is 0 Å². The standard InChI is InChI=1S/C20H25NO2/c1-6-22-14(2)17-16-10-8-7-9-15(16)11-12-20(17,5)18-21-19(3,4)13-23-18/h7-12,17H,2,6,13H2,1,3-5H3/t17-,20+/m1/s1. The van der Waals surface area contributed by atoms with E-state index in [1.807, 2.05) is 6.92 Å². The number of allylic oxidation sites excluding steroid dienone is 1. The fourth-order valence-electron chi connectivity index (χ4n) is 3.44. The van der Waals surface area contributed by atoms with Gasteiger partial charge in [0.1, 0.15) is 6.61 Å². The minimum absolute atomic E-state index is 0.00343. The van der Waals surface area contributed by atoms with Crippen LogP contribution in [0.4, 0.5) is 0 Å². The lowest BCUT2D eigenvalue weighted by Crippen LogP contribution is -2.36. The maximum Gasteiger partial charge on any atom is 0.195 e. The lowest BCUT2D eigenvalue weighted by Gasteiger charge is -2.38. The van der Waals surface area contributed by atoms with E-state index in [-0.39, 0.29) is 16.9 Å². The third-order valence-corrected chi connectivity index (χ3v) is 4.59. The maximum absolute atomic E-state index is 5.99. The third-order valence-electron chi connectivity index (χ3n) is 4.59. The van der Waals surface area contributed by atoms with Crippen LogP contribution in [0.3, 0.4) is 0 Å². The van der Waals surface area contributed by atoms with Crippen LogP contribution in [-0.2, 0) is 9.47 Å². The number of hydrogen-bond acceptors (Lipinski definition) is 3. The molecule has 0 unspecified atom stereocenters. The second kappa shape index (κ2) is 5.55. The Morgan fingerprint density at radius 1 is 1.35 bits per heavy atom. The Morgan fingerprint density at radius 2 is 2.09 bits per heavy atom. The monoisotopic (exact) mass is 311 g/mol. The molecule has 1 aliphatic heterocycles. The van der Waals surface area contributed by atoms with Crippen LogP contribution in [0.15, 0.2) is 47.7 Å². The van der Waals surface area contributed by atoms with Gasteiger partial charge in [-0.1, -0.05) is 43.0 Å². The molecule has 0 amide bonds. The lowest BCUT2D eigenvalue weighted by molar-refractivity contribution is 0.181. The number of hydrogen-bond donors (Lipinski definition) is 0. The highest BCUT2D eigenvalue weighted by atomic mass is 16.5. The Labute approximate surface area is 138 Å². The van der Waals surface area contributed by atoms with Gasteiger partial charge in [0, 0.05) is 0 Å². The molecule has 0 radical (unpaired) electrons. The Bertz CT molecular complexity index is 687. The molecule has 0 spiro atoms. The smallest absolute Gasteiger partial charge is 0.195 e. The quantitative estimate of drug-likeness (QED) is 0.763. The van der Waals surface area contributed by atoms with Gasteiger partial charge in [-0.2, -0.15) is 0 Å². The van der Waals surface area contributed by atoms with Crippen molar-refractivity contribution in [3.05, 3.63) is 53.8 Å². The van der Waals surface area contributed by atoms with Gasteiger partial charge < -0.3 is 9.47 Å². The van der Waals surface area contributed by atoms with Crippen LogP contribution in [0.25, 0.3) is 6.08 Å². The van der Waals surface area contributed by atoms with Crippen LogP contribution >= 0.6 is 0 Å². The van der Waals surface area contributed by atoms with Gasteiger partial charge in [0.15, 0.2) is 5.90 Å². The van der Waals surface area contributed by atoms with Crippen LogP contribution in [0, 0.1) is 5.41 Å². The Kier molecular flexibility index (Phi) is 3.83. The molecule has 122 valence electrons. The molecule has 3 heteroatoms. The lowest BCUT2D eigenvalue weighted by atomic mass is 9.67. The molecule has 2 atom stereocenters. The number of benzene rings is 1. The first-order valence-electron chi connectivity index (χ1n) is 8.20. The first kappa shape index (κ1) is 15.9. The van der Waals surface area contributed by atoms with E-state index in [2.05, 4.69) is 63.8 Å². The molecular weight excluding hydrogens is 286 g/mol. The summed E-state index contributed by atoms with van der Waals surface area (Å²) in [5, 5.41) is 0. The molecule has 0 aromatic heterocycles. The van der Waals surface area contributed by atoms with E-state index in [0.717, 1.165) is 11.7 Å². The molecular formula is C20H25NO2. The molecule has 3 rings (SSSR count). The van der Waals surface area contributed by atoms with Crippen LogP contribution in [0.1, 0.15) is 44.7 Å². The summed E-state index contributed by atoms with van der Waals surface area (Å²) in [5.74, 6) is 1.54. The van der Waals surface area contributed by atoms with Crippen LogP contribution in [0.2, 0.25) is 0 Å². The van der Waals surface area contributed by atoms with Crippen molar-refractivity contribution in [2.45, 2.75) is 39.2 Å². The van der Waals surface area contributed by atoms with Crippen molar-refractivity contribution < 1.29 is 9.47 Å². The van der Waals surface area contributed by atoms with Crippen LogP contribution in [-0.4, -0.2) is 24.7 Å². The summed E-state index contributed by atoms with van der Waals surface area (Å²) < 4.78 is 11.8. The highest BCUT2D eigenvalue weighted by Crippen LogP contribution is 2.49. The van der Waals surface area contributed by atoms with Gasteiger partial charge in [0.05, 0.1) is 29.2 Å². The number of fused-ring (bicyclic) bond motifs is 1. The van der Waals surface area contributed by atoms with Crippen LogP contribution in [0.5, 0.6) is 0 Å². The van der Waals surface area contributed by atoms with E-state index in [0.29, 0.717) is 13.2 Å². The molecule has 2 aliphatic rings. The van der Waals surface area contributed by atoms with Gasteiger partial charge in [-0.3, -0.25) is 0 Å². The Morgan fingerprint density at radius 3 is 2.74 bits per heavy atom. The first-order chi connectivity index (χ1) is 10.9. The van der Waals surface area contributed by atoms with E-state index in [9.17, 15) is 0 Å². The van der Waals surface area contributed by atoms with Gasteiger partial charge in [0.2, 0.25) is 0 Å². The average molecular weight is 311 g/mol. The van der Waals surface area contributed by atoms with Crippen molar-refractivity contribution in [2.24, 2.45) is 10.4 Å². The molecule has 0 N–H and O–H groups in total. The van der Waals surface area contributed by atoms with Crippen molar-refractivity contribution >= 4 is 12.0 Å². The summed E-state index contributed by atoms with van der Waals surface area (Å²) in [6, 6.07) is 8.39. The zero-order valence-corrected chi connectivity index (χ0v) is 14.4. The van der Waals surface area contributed by atoms with Gasteiger partial charge in [-0.05, 0) is 38.8 Å². The highest BCUT2D eigenvalue weighted by molar-refractivity contribution is 5.90. The summed E-state index contributed by atoms with van der Waals surface area (Å²) in [4.78, 5) is 4.83. The highest BCUT2D eigenvalue weighted by Gasteiger charge is 2.47. The number of nitrogens with zero attached hydrogens (tertiary/aromatic N) is 1. The normalized spacial score (nSPS) is 27.8. The second-order valence-corrected chi connectivity index (χ2v) is 7.10. The summed E-state index contributed by atoms with van der Waals surface area (Å²) in [6.45, 7) is 13.8. The fourth-order valence-corrected chi connectivity index (χ4v) is 3.44. The van der Waals surface area contributed by atoms with Crippen molar-refractivity contribution in [1.29, 1.82) is 0 Å². The number of ether oxygens (including phenoxy) is 2. The predicted octanol–water partition coefficient (Wildman–Crippen LogP) is 4.56. The molecule has 1 heterocycles. The SMILES string of the molecule is C=C(OCC)[C@@H]1c2ccccc2C=C[C@]1(C)C1=NC(C)(C)CO1. The minimum atomic E-state index is -0.381. The summed E-state index contributed by atoms with van der Waals surface area (Å²) in [6.07, 6.45) is 4.34. The average Bonchev–Trinajstić information content (AvgIpc) is 2.88. The fraction of sp³-hybridized carbons (Fsp3) is 0.450. The maximum atomic E-state index is 5.99. The Balaban J connectivity index is 2.11. The Hall–Kier alpha value is -2.03. The zero-order valence-electron chi connectivity index (χ0n) is 14.4. The van der Waals surface area contributed by atoms with E-state index >= 15 is 0 Å². The number of rotatable bonds is 4. The molecule has 0 fully saturated rings. The zero-order chi connectivity index (χ0) is 16.7. The van der Waals surface area contributed by atoms with Crippen molar-refractivity contribution in [3.8, 4) is 0 Å². The molecule has 1 aliphatic carbocycles. The van der Waals surface area contributed by atoms with Gasteiger partial charge in [-0.15, -0.1) is 0 Å².